The van der Waals surface area contributed by atoms with Crippen LogP contribution in [0.4, 0.5) is 0 Å². The number of esters is 1. The number of hydrogen-bond donors (Lipinski definition) is 4. The molecular formula is C21H22N4O5. The number of carbonyl (C=O) groups is 2. The van der Waals surface area contributed by atoms with Crippen molar-refractivity contribution in [3.63, 3.8) is 0 Å². The molecule has 3 rings (SSSR count). The predicted octanol–water partition coefficient (Wildman–Crippen LogP) is 0.634. The Morgan fingerprint density at radius 3 is 2.57 bits per heavy atom. The molecule has 2 aromatic carbocycles. The summed E-state index contributed by atoms with van der Waals surface area (Å²) >= 11 is 0. The lowest BCUT2D eigenvalue weighted by atomic mass is 9.99. The normalized spacial score (nSPS) is 16.5. The summed E-state index contributed by atoms with van der Waals surface area (Å²) in [6.45, 7) is 3.76. The number of aromatic hydroxyl groups is 1. The van der Waals surface area contributed by atoms with Crippen LogP contribution < -0.4 is 26.7 Å². The van der Waals surface area contributed by atoms with Gasteiger partial charge in [-0.3, -0.25) is 10.2 Å². The highest BCUT2D eigenvalue weighted by atomic mass is 16.5. The lowest BCUT2D eigenvalue weighted by Gasteiger charge is -2.24. The van der Waals surface area contributed by atoms with Crippen molar-refractivity contribution < 1.29 is 19.4 Å². The number of ether oxygens (including phenoxy) is 1. The third-order valence-corrected chi connectivity index (χ3v) is 4.79. The molecule has 9 heteroatoms. The first-order valence-corrected chi connectivity index (χ1v) is 9.43. The highest BCUT2D eigenvalue weighted by Gasteiger charge is 2.19. The van der Waals surface area contributed by atoms with Crippen molar-refractivity contribution in [3.05, 3.63) is 67.7 Å². The van der Waals surface area contributed by atoms with Gasteiger partial charge in [-0.25, -0.2) is 10.2 Å². The van der Waals surface area contributed by atoms with Crippen LogP contribution in [0.15, 0.2) is 41.7 Å². The van der Waals surface area contributed by atoms with Crippen LogP contribution >= 0.6 is 0 Å². The summed E-state index contributed by atoms with van der Waals surface area (Å²) in [5.74, 6) is -0.992. The standard InChI is InChI=1S/C21H22N4O5/c1-3-30-21(28)19-16(11-22-25-29)15(8-9-17(19)26)13-4-6-14(7-5-13)20-12(2)10-18(27)23-24-20/h4-9,11-12,24,26H,3,10H2,1-2H3,(H,22,29)(H,23,27). The van der Waals surface area contributed by atoms with E-state index in [1.807, 2.05) is 31.2 Å². The monoisotopic (exact) mass is 410 g/mol. The number of nitrogens with zero attached hydrogens (tertiary/aromatic N) is 1. The smallest absolute Gasteiger partial charge is 0.342 e. The molecule has 1 fully saturated rings. The van der Waals surface area contributed by atoms with Gasteiger partial charge in [-0.1, -0.05) is 31.2 Å². The van der Waals surface area contributed by atoms with Crippen LogP contribution in [0, 0.1) is 21.3 Å². The molecular weight excluding hydrogens is 388 g/mol. The molecule has 0 saturated carbocycles. The van der Waals surface area contributed by atoms with Gasteiger partial charge in [-0.2, -0.15) is 0 Å². The van der Waals surface area contributed by atoms with Crippen LogP contribution in [0.5, 0.6) is 5.75 Å². The Balaban J connectivity index is 2.26. The van der Waals surface area contributed by atoms with E-state index < -0.39 is 5.97 Å². The first-order valence-electron chi connectivity index (χ1n) is 9.43. The maximum atomic E-state index is 12.4. The maximum absolute atomic E-state index is 12.4. The van der Waals surface area contributed by atoms with E-state index in [-0.39, 0.29) is 35.0 Å². The van der Waals surface area contributed by atoms with Crippen LogP contribution in [0.1, 0.15) is 30.6 Å². The number of phenols is 1. The van der Waals surface area contributed by atoms with E-state index in [0.717, 1.165) is 16.1 Å². The largest absolute Gasteiger partial charge is 0.507 e. The van der Waals surface area contributed by atoms with Crippen molar-refractivity contribution in [2.24, 2.45) is 11.2 Å². The summed E-state index contributed by atoms with van der Waals surface area (Å²) in [6.07, 6.45) is 1.64. The van der Waals surface area contributed by atoms with Gasteiger partial charge in [0.25, 0.3) is 0 Å². The van der Waals surface area contributed by atoms with E-state index in [1.54, 1.807) is 13.0 Å². The van der Waals surface area contributed by atoms with E-state index in [4.69, 9.17) is 4.74 Å². The molecule has 0 aromatic heterocycles. The first kappa shape index (κ1) is 20.8. The van der Waals surface area contributed by atoms with Gasteiger partial charge >= 0.3 is 5.97 Å². The Hall–Kier alpha value is -3.88. The number of benzene rings is 2. The lowest BCUT2D eigenvalue weighted by Crippen LogP contribution is -2.46. The van der Waals surface area contributed by atoms with Crippen molar-refractivity contribution >= 4 is 23.8 Å². The highest BCUT2D eigenvalue weighted by Crippen LogP contribution is 2.15. The second kappa shape index (κ2) is 9.08. The number of carbonyl (C=O) groups excluding carboxylic acids is 2. The minimum atomic E-state index is -0.709. The zero-order valence-corrected chi connectivity index (χ0v) is 16.6. The quantitative estimate of drug-likeness (QED) is 0.331. The molecule has 1 aliphatic rings. The summed E-state index contributed by atoms with van der Waals surface area (Å²) in [5, 5.41) is 15.4. The van der Waals surface area contributed by atoms with Gasteiger partial charge in [0.2, 0.25) is 5.91 Å². The number of phenolic OH excluding ortho intramolecular Hbond substituents is 1. The second-order valence-corrected chi connectivity index (χ2v) is 6.78. The fourth-order valence-electron chi connectivity index (χ4n) is 3.40. The Morgan fingerprint density at radius 2 is 1.93 bits per heavy atom. The molecule has 9 nitrogen and oxygen atoms in total. The third kappa shape index (κ3) is 4.24. The molecule has 156 valence electrons. The summed E-state index contributed by atoms with van der Waals surface area (Å²) in [5.41, 5.74) is 8.58. The minimum Gasteiger partial charge on any atom is -0.507 e. The van der Waals surface area contributed by atoms with Gasteiger partial charge in [0.05, 0.1) is 11.9 Å². The molecule has 0 radical (unpaired) electrons. The minimum absolute atomic E-state index is 0.0421. The van der Waals surface area contributed by atoms with E-state index in [0.29, 0.717) is 11.6 Å². The molecule has 1 amide bonds. The Bertz CT molecular complexity index is 1190. The van der Waals surface area contributed by atoms with Crippen molar-refractivity contribution in [2.75, 3.05) is 6.61 Å². The van der Waals surface area contributed by atoms with E-state index in [2.05, 4.69) is 21.6 Å². The number of hydrogen-bond acceptors (Lipinski definition) is 7. The number of rotatable bonds is 4. The van der Waals surface area contributed by atoms with Crippen LogP contribution in [0.2, 0.25) is 0 Å². The van der Waals surface area contributed by atoms with Gasteiger partial charge in [0.1, 0.15) is 11.3 Å². The SMILES string of the molecule is CCOC(=O)c1c(O)ccc(=c2ccc(=C3NNC(=O)CC3C)cc2)c1=CNN=O. The molecule has 30 heavy (non-hydrogen) atoms. The summed E-state index contributed by atoms with van der Waals surface area (Å²) < 4.78 is 5.04. The topological polar surface area (TPSA) is 129 Å². The van der Waals surface area contributed by atoms with Gasteiger partial charge in [0, 0.05) is 29.5 Å². The zero-order chi connectivity index (χ0) is 21.7. The number of nitrogens with one attached hydrogen (secondary N) is 3. The van der Waals surface area contributed by atoms with Gasteiger partial charge in [-0.05, 0) is 34.7 Å². The van der Waals surface area contributed by atoms with Crippen LogP contribution in [-0.4, -0.2) is 23.6 Å². The highest BCUT2D eigenvalue weighted by molar-refractivity contribution is 5.92. The van der Waals surface area contributed by atoms with Gasteiger partial charge in [-0.15, -0.1) is 4.91 Å². The molecule has 2 aromatic rings. The molecule has 1 saturated heterocycles. The Labute approximate surface area is 171 Å². The van der Waals surface area contributed by atoms with Crippen molar-refractivity contribution in [2.45, 2.75) is 20.3 Å². The zero-order valence-electron chi connectivity index (χ0n) is 16.6. The van der Waals surface area contributed by atoms with Crippen molar-refractivity contribution in [1.29, 1.82) is 0 Å². The molecule has 0 bridgehead atoms. The number of amides is 1. The third-order valence-electron chi connectivity index (χ3n) is 4.79. The lowest BCUT2D eigenvalue weighted by molar-refractivity contribution is -0.123. The number of hydrazine groups is 1. The van der Waals surface area contributed by atoms with Crippen LogP contribution in [0.25, 0.3) is 11.9 Å². The summed E-state index contributed by atoms with van der Waals surface area (Å²) in [7, 11) is 0. The van der Waals surface area contributed by atoms with Crippen LogP contribution in [0.3, 0.4) is 0 Å². The average molecular weight is 410 g/mol. The number of nitroso groups, excluding NO2 is 1. The van der Waals surface area contributed by atoms with Crippen LogP contribution in [-0.2, 0) is 9.53 Å². The molecule has 1 atom stereocenters. The van der Waals surface area contributed by atoms with E-state index >= 15 is 0 Å². The molecule has 1 heterocycles. The predicted molar refractivity (Wildman–Crippen MR) is 109 cm³/mol. The molecule has 4 N–H and O–H groups in total. The van der Waals surface area contributed by atoms with Crippen molar-refractivity contribution in [3.8, 4) is 5.75 Å². The Kier molecular flexibility index (Phi) is 6.31. The molecule has 1 unspecified atom stereocenters. The summed E-state index contributed by atoms with van der Waals surface area (Å²) in [6, 6.07) is 10.5. The second-order valence-electron chi connectivity index (χ2n) is 6.78. The first-order chi connectivity index (χ1) is 14.5. The molecule has 0 aliphatic carbocycles. The fourth-order valence-corrected chi connectivity index (χ4v) is 3.40. The van der Waals surface area contributed by atoms with Gasteiger partial charge in [0.15, 0.2) is 0 Å². The van der Waals surface area contributed by atoms with Gasteiger partial charge < -0.3 is 15.3 Å². The molecule has 0 spiro atoms. The Morgan fingerprint density at radius 1 is 1.23 bits per heavy atom. The molecule has 1 aliphatic heterocycles. The maximum Gasteiger partial charge on any atom is 0.342 e. The van der Waals surface area contributed by atoms with E-state index in [1.165, 1.54) is 12.3 Å². The summed E-state index contributed by atoms with van der Waals surface area (Å²) in [4.78, 5) is 34.4. The van der Waals surface area contributed by atoms with E-state index in [9.17, 15) is 19.6 Å². The van der Waals surface area contributed by atoms with Crippen molar-refractivity contribution in [1.82, 2.24) is 16.3 Å². The average Bonchev–Trinajstić information content (AvgIpc) is 2.72. The fraction of sp³-hybridized carbons (Fsp3) is 0.238.